The zero-order valence-corrected chi connectivity index (χ0v) is 23.1. The van der Waals surface area contributed by atoms with E-state index in [0.717, 1.165) is 36.9 Å². The summed E-state index contributed by atoms with van der Waals surface area (Å²) in [6, 6.07) is 16.7. The Morgan fingerprint density at radius 2 is 1.88 bits per heavy atom. The number of anilines is 1. The van der Waals surface area contributed by atoms with E-state index >= 15 is 0 Å². The van der Waals surface area contributed by atoms with E-state index in [1.807, 2.05) is 38.1 Å². The molecule has 1 aliphatic carbocycles. The van der Waals surface area contributed by atoms with Crippen LogP contribution in [0.4, 0.5) is 5.95 Å². The van der Waals surface area contributed by atoms with Gasteiger partial charge in [0.25, 0.3) is 0 Å². The minimum atomic E-state index is -0.867. The molecule has 41 heavy (non-hydrogen) atoms. The summed E-state index contributed by atoms with van der Waals surface area (Å²) in [5, 5.41) is 31.9. The van der Waals surface area contributed by atoms with E-state index < -0.39 is 11.6 Å². The first-order chi connectivity index (χ1) is 19.8. The van der Waals surface area contributed by atoms with Crippen LogP contribution in [-0.4, -0.2) is 54.2 Å². The Morgan fingerprint density at radius 1 is 1.10 bits per heavy atom. The second-order valence-electron chi connectivity index (χ2n) is 10.6. The largest absolute Gasteiger partial charge is 0.464 e. The normalized spacial score (nSPS) is 14.1. The van der Waals surface area contributed by atoms with Crippen LogP contribution in [0.3, 0.4) is 0 Å². The fraction of sp³-hybridized carbons (Fsp3) is 0.367. The van der Waals surface area contributed by atoms with Gasteiger partial charge in [-0.05, 0) is 49.1 Å². The molecule has 1 saturated carbocycles. The monoisotopic (exact) mass is 552 g/mol. The highest BCUT2D eigenvalue weighted by molar-refractivity contribution is 5.75. The van der Waals surface area contributed by atoms with Gasteiger partial charge in [0.05, 0.1) is 53.8 Å². The minimum absolute atomic E-state index is 0.102. The third-order valence-electron chi connectivity index (χ3n) is 6.82. The van der Waals surface area contributed by atoms with Crippen LogP contribution in [0.15, 0.2) is 54.7 Å². The third-order valence-corrected chi connectivity index (χ3v) is 6.82. The summed E-state index contributed by atoms with van der Waals surface area (Å²) in [6.45, 7) is 4.52. The zero-order valence-electron chi connectivity index (χ0n) is 23.1. The molecule has 210 valence electrons. The maximum atomic E-state index is 12.2. The maximum absolute atomic E-state index is 12.2. The van der Waals surface area contributed by atoms with Crippen molar-refractivity contribution in [3.8, 4) is 28.7 Å². The van der Waals surface area contributed by atoms with Crippen molar-refractivity contribution in [1.82, 2.24) is 29.9 Å². The molecule has 3 aromatic heterocycles. The van der Waals surface area contributed by atoms with Gasteiger partial charge in [0, 0.05) is 5.56 Å². The van der Waals surface area contributed by atoms with Crippen LogP contribution in [0.25, 0.3) is 22.6 Å². The number of nitriles is 1. The molecule has 1 aromatic carbocycles. The van der Waals surface area contributed by atoms with E-state index in [0.29, 0.717) is 41.5 Å². The van der Waals surface area contributed by atoms with Crippen molar-refractivity contribution < 1.29 is 14.6 Å². The molecule has 0 atom stereocenters. The van der Waals surface area contributed by atoms with Gasteiger partial charge in [-0.1, -0.05) is 50.1 Å². The van der Waals surface area contributed by atoms with Crippen LogP contribution >= 0.6 is 0 Å². The molecule has 11 nitrogen and oxygen atoms in total. The zero-order chi connectivity index (χ0) is 28.8. The van der Waals surface area contributed by atoms with Crippen molar-refractivity contribution >= 4 is 11.9 Å². The molecule has 5 rings (SSSR count). The molecule has 0 saturated heterocycles. The number of rotatable bonds is 10. The van der Waals surface area contributed by atoms with Gasteiger partial charge in [-0.3, -0.25) is 9.78 Å². The Kier molecular flexibility index (Phi) is 8.31. The Morgan fingerprint density at radius 3 is 2.66 bits per heavy atom. The summed E-state index contributed by atoms with van der Waals surface area (Å²) in [5.41, 5.74) is 3.35. The third kappa shape index (κ3) is 6.91. The molecular formula is C30H32N8O3. The SMILES string of the molecule is CC(C)COC(=O)CNc1nc(-c2cccc(C#N)c2)cc(-c2cn(Cc3cccc(C4(O)CCCC4)n3)nn2)n1. The second-order valence-corrected chi connectivity index (χ2v) is 10.6. The molecule has 1 aliphatic rings. The number of hydrogen-bond acceptors (Lipinski definition) is 10. The van der Waals surface area contributed by atoms with Crippen LogP contribution in [-0.2, 0) is 21.7 Å². The van der Waals surface area contributed by atoms with E-state index in [-0.39, 0.29) is 18.4 Å². The predicted molar refractivity (Wildman–Crippen MR) is 151 cm³/mol. The summed E-state index contributed by atoms with van der Waals surface area (Å²) < 4.78 is 6.91. The standard InChI is InChI=1S/C30H32N8O3/c1-20(2)19-41-28(39)16-32-29-34-24(22-8-5-7-21(13-22)15-31)14-25(35-29)26-18-38(37-36-26)17-23-9-6-10-27(33-23)30(40)11-3-4-12-30/h5-10,13-14,18,20,40H,3-4,11-12,16-17,19H2,1-2H3,(H,32,34,35). The summed E-state index contributed by atoms with van der Waals surface area (Å²) in [5.74, 6) is 0.0315. The van der Waals surface area contributed by atoms with Gasteiger partial charge in [-0.25, -0.2) is 14.6 Å². The highest BCUT2D eigenvalue weighted by atomic mass is 16.5. The van der Waals surface area contributed by atoms with Gasteiger partial charge < -0.3 is 15.2 Å². The quantitative estimate of drug-likeness (QED) is 0.275. The Hall–Kier alpha value is -4.69. The molecule has 1 fully saturated rings. The van der Waals surface area contributed by atoms with E-state index in [9.17, 15) is 15.2 Å². The first-order valence-corrected chi connectivity index (χ1v) is 13.7. The van der Waals surface area contributed by atoms with E-state index in [4.69, 9.17) is 9.72 Å². The van der Waals surface area contributed by atoms with Crippen molar-refractivity contribution in [1.29, 1.82) is 5.26 Å². The molecular weight excluding hydrogens is 520 g/mol. The van der Waals surface area contributed by atoms with Crippen molar-refractivity contribution in [3.05, 3.63) is 71.7 Å². The number of benzene rings is 1. The summed E-state index contributed by atoms with van der Waals surface area (Å²) in [7, 11) is 0. The lowest BCUT2D eigenvalue weighted by Gasteiger charge is -2.21. The van der Waals surface area contributed by atoms with Crippen LogP contribution in [0.1, 0.15) is 56.5 Å². The Bertz CT molecular complexity index is 1570. The van der Waals surface area contributed by atoms with Crippen molar-refractivity contribution in [3.63, 3.8) is 0 Å². The fourth-order valence-corrected chi connectivity index (χ4v) is 4.72. The summed E-state index contributed by atoms with van der Waals surface area (Å²) in [6.07, 6.45) is 5.18. The molecule has 11 heteroatoms. The summed E-state index contributed by atoms with van der Waals surface area (Å²) in [4.78, 5) is 26.1. The number of aliphatic hydroxyl groups is 1. The number of pyridine rings is 1. The molecule has 2 N–H and O–H groups in total. The van der Waals surface area contributed by atoms with Gasteiger partial charge in [0.2, 0.25) is 5.95 Å². The van der Waals surface area contributed by atoms with Gasteiger partial charge in [-0.2, -0.15) is 5.26 Å². The van der Waals surface area contributed by atoms with Crippen molar-refractivity contribution in [2.24, 2.45) is 5.92 Å². The molecule has 0 radical (unpaired) electrons. The predicted octanol–water partition coefficient (Wildman–Crippen LogP) is 4.09. The number of carbonyl (C=O) groups excluding carboxylic acids is 1. The average molecular weight is 553 g/mol. The van der Waals surface area contributed by atoms with Crippen LogP contribution in [0.2, 0.25) is 0 Å². The Balaban J connectivity index is 1.40. The first kappa shape index (κ1) is 27.9. The molecule has 0 aliphatic heterocycles. The van der Waals surface area contributed by atoms with E-state index in [2.05, 4.69) is 31.7 Å². The van der Waals surface area contributed by atoms with Crippen molar-refractivity contribution in [2.45, 2.75) is 51.7 Å². The lowest BCUT2D eigenvalue weighted by molar-refractivity contribution is -0.142. The van der Waals surface area contributed by atoms with Gasteiger partial charge in [-0.15, -0.1) is 5.10 Å². The number of ether oxygens (including phenoxy) is 1. The lowest BCUT2D eigenvalue weighted by atomic mass is 9.97. The van der Waals surface area contributed by atoms with E-state index in [1.54, 1.807) is 35.1 Å². The molecule has 3 heterocycles. The van der Waals surface area contributed by atoms with Gasteiger partial charge in [0.1, 0.15) is 17.8 Å². The first-order valence-electron chi connectivity index (χ1n) is 13.7. The van der Waals surface area contributed by atoms with Gasteiger partial charge in [0.15, 0.2) is 0 Å². The number of aromatic nitrogens is 6. The molecule has 0 unspecified atom stereocenters. The number of nitrogens with one attached hydrogen (secondary N) is 1. The second kappa shape index (κ2) is 12.2. The number of carbonyl (C=O) groups is 1. The lowest BCUT2D eigenvalue weighted by Crippen LogP contribution is -2.23. The van der Waals surface area contributed by atoms with Crippen LogP contribution in [0.5, 0.6) is 0 Å². The van der Waals surface area contributed by atoms with Crippen LogP contribution < -0.4 is 5.32 Å². The smallest absolute Gasteiger partial charge is 0.325 e. The summed E-state index contributed by atoms with van der Waals surface area (Å²) >= 11 is 0. The highest BCUT2D eigenvalue weighted by Crippen LogP contribution is 2.37. The fourth-order valence-electron chi connectivity index (χ4n) is 4.72. The minimum Gasteiger partial charge on any atom is -0.464 e. The van der Waals surface area contributed by atoms with Crippen molar-refractivity contribution in [2.75, 3.05) is 18.5 Å². The van der Waals surface area contributed by atoms with E-state index in [1.165, 1.54) is 0 Å². The topological polar surface area (TPSA) is 152 Å². The number of esters is 1. The number of nitrogens with zero attached hydrogens (tertiary/aromatic N) is 7. The number of hydrogen-bond donors (Lipinski definition) is 2. The van der Waals surface area contributed by atoms with Crippen LogP contribution in [0, 0.1) is 17.2 Å². The molecule has 4 aromatic rings. The highest BCUT2D eigenvalue weighted by Gasteiger charge is 2.34. The Labute approximate surface area is 238 Å². The molecule has 0 spiro atoms. The molecule has 0 bridgehead atoms. The molecule has 0 amide bonds. The average Bonchev–Trinajstić information content (AvgIpc) is 3.65. The maximum Gasteiger partial charge on any atom is 0.325 e. The van der Waals surface area contributed by atoms with Gasteiger partial charge >= 0.3 is 5.97 Å².